The summed E-state index contributed by atoms with van der Waals surface area (Å²) in [7, 11) is 0. The highest BCUT2D eigenvalue weighted by Crippen LogP contribution is 2.15. The third-order valence-electron chi connectivity index (χ3n) is 3.48. The first-order valence-electron chi connectivity index (χ1n) is 6.92. The number of benzene rings is 1. The normalized spacial score (nSPS) is 11.1. The molecule has 0 fully saturated rings. The van der Waals surface area contributed by atoms with Crippen molar-refractivity contribution in [1.29, 1.82) is 0 Å². The zero-order valence-corrected chi connectivity index (χ0v) is 11.7. The molecule has 0 aliphatic carbocycles. The summed E-state index contributed by atoms with van der Waals surface area (Å²) in [5, 5.41) is 5.56. The Kier molecular flexibility index (Phi) is 3.43. The Labute approximate surface area is 120 Å². The number of nitrogens with one attached hydrogen (secondary N) is 2. The maximum atomic E-state index is 11.3. The molecule has 0 radical (unpaired) electrons. The average molecular weight is 284 g/mol. The van der Waals surface area contributed by atoms with Gasteiger partial charge in [0.15, 0.2) is 0 Å². The molecule has 0 atom stereocenters. The zero-order valence-electron chi connectivity index (χ0n) is 11.7. The number of rotatable bonds is 4. The first kappa shape index (κ1) is 13.4. The van der Waals surface area contributed by atoms with Gasteiger partial charge < -0.3 is 9.97 Å². The highest BCUT2D eigenvalue weighted by Gasteiger charge is 2.03. The molecular formula is C15H16N4O2. The molecule has 0 aliphatic heterocycles. The van der Waals surface area contributed by atoms with Gasteiger partial charge >= 0.3 is 11.1 Å². The summed E-state index contributed by atoms with van der Waals surface area (Å²) < 4.78 is 1.91. The molecule has 21 heavy (non-hydrogen) atoms. The molecule has 0 saturated heterocycles. The van der Waals surface area contributed by atoms with Crippen LogP contribution in [0.2, 0.25) is 0 Å². The van der Waals surface area contributed by atoms with E-state index < -0.39 is 11.1 Å². The molecule has 2 heterocycles. The molecule has 2 N–H and O–H groups in total. The fourth-order valence-corrected chi connectivity index (χ4v) is 2.31. The average Bonchev–Trinajstić information content (AvgIpc) is 2.90. The third-order valence-corrected chi connectivity index (χ3v) is 3.48. The molecule has 108 valence electrons. The van der Waals surface area contributed by atoms with E-state index in [-0.39, 0.29) is 0 Å². The van der Waals surface area contributed by atoms with Crippen LogP contribution in [0.25, 0.3) is 10.9 Å². The van der Waals surface area contributed by atoms with Crippen molar-refractivity contribution < 1.29 is 0 Å². The molecule has 3 rings (SSSR count). The predicted molar refractivity (Wildman–Crippen MR) is 80.5 cm³/mol. The summed E-state index contributed by atoms with van der Waals surface area (Å²) in [6.45, 7) is 2.90. The zero-order chi connectivity index (χ0) is 14.8. The van der Waals surface area contributed by atoms with Crippen LogP contribution in [0, 0.1) is 0 Å². The molecule has 0 aliphatic rings. The molecule has 6 heteroatoms. The summed E-state index contributed by atoms with van der Waals surface area (Å²) in [6, 6.07) is 6.16. The minimum Gasteiger partial charge on any atom is -0.323 e. The summed E-state index contributed by atoms with van der Waals surface area (Å²) in [5.41, 5.74) is 1.66. The number of hydrogen-bond acceptors (Lipinski definition) is 3. The van der Waals surface area contributed by atoms with Crippen LogP contribution in [0.15, 0.2) is 40.2 Å². The summed E-state index contributed by atoms with van der Waals surface area (Å²) in [5.74, 6) is 0. The van der Waals surface area contributed by atoms with Gasteiger partial charge in [0.1, 0.15) is 0 Å². The van der Waals surface area contributed by atoms with Gasteiger partial charge in [0, 0.05) is 30.0 Å². The second kappa shape index (κ2) is 5.40. The highest BCUT2D eigenvalue weighted by atomic mass is 16.2. The smallest absolute Gasteiger partial charge is 0.313 e. The quantitative estimate of drug-likeness (QED) is 0.706. The highest BCUT2D eigenvalue weighted by molar-refractivity contribution is 5.78. The lowest BCUT2D eigenvalue weighted by atomic mass is 10.1. The summed E-state index contributed by atoms with van der Waals surface area (Å²) in [4.78, 5) is 27.3. The molecular weight excluding hydrogens is 268 g/mol. The van der Waals surface area contributed by atoms with Crippen molar-refractivity contribution in [1.82, 2.24) is 19.7 Å². The fourth-order valence-electron chi connectivity index (χ4n) is 2.31. The molecule has 2 aromatic heterocycles. The van der Waals surface area contributed by atoms with E-state index in [0.717, 1.165) is 29.6 Å². The van der Waals surface area contributed by atoms with Crippen molar-refractivity contribution in [2.24, 2.45) is 0 Å². The molecule has 0 saturated carbocycles. The van der Waals surface area contributed by atoms with Crippen molar-refractivity contribution in [3.8, 4) is 0 Å². The van der Waals surface area contributed by atoms with E-state index in [4.69, 9.17) is 0 Å². The maximum absolute atomic E-state index is 11.3. The van der Waals surface area contributed by atoms with Crippen molar-refractivity contribution in [3.63, 3.8) is 0 Å². The molecule has 6 nitrogen and oxygen atoms in total. The number of aromatic amines is 2. The van der Waals surface area contributed by atoms with Gasteiger partial charge in [0.25, 0.3) is 0 Å². The monoisotopic (exact) mass is 284 g/mol. The van der Waals surface area contributed by atoms with Crippen molar-refractivity contribution in [2.75, 3.05) is 0 Å². The number of aromatic nitrogens is 4. The van der Waals surface area contributed by atoms with Crippen molar-refractivity contribution in [3.05, 3.63) is 62.6 Å². The van der Waals surface area contributed by atoms with Crippen LogP contribution in [-0.4, -0.2) is 19.7 Å². The Morgan fingerprint density at radius 2 is 2.05 bits per heavy atom. The lowest BCUT2D eigenvalue weighted by Gasteiger charge is -2.01. The van der Waals surface area contributed by atoms with E-state index in [1.807, 2.05) is 23.0 Å². The van der Waals surface area contributed by atoms with Gasteiger partial charge in [-0.15, -0.1) is 0 Å². The van der Waals surface area contributed by atoms with Crippen LogP contribution in [0.3, 0.4) is 0 Å². The number of fused-ring (bicyclic) bond motifs is 1. The van der Waals surface area contributed by atoms with Gasteiger partial charge in [-0.25, -0.2) is 0 Å². The Hall–Kier alpha value is -2.63. The first-order valence-corrected chi connectivity index (χ1v) is 6.92. The Balaban J connectivity index is 1.79. The third kappa shape index (κ3) is 2.79. The molecule has 0 bridgehead atoms. The molecule has 3 aromatic rings. The summed E-state index contributed by atoms with van der Waals surface area (Å²) in [6.07, 6.45) is 5.03. The van der Waals surface area contributed by atoms with E-state index in [0.29, 0.717) is 6.42 Å². The van der Waals surface area contributed by atoms with E-state index in [9.17, 15) is 9.59 Å². The van der Waals surface area contributed by atoms with Crippen LogP contribution in [0.1, 0.15) is 18.2 Å². The van der Waals surface area contributed by atoms with Gasteiger partial charge in [0.05, 0.1) is 5.52 Å². The minimum atomic E-state index is -0.618. The SMILES string of the molecule is CCn1cc2cc(CCc3c[nH]c(=O)c(=O)[nH]3)ccc2n1. The van der Waals surface area contributed by atoms with Crippen LogP contribution < -0.4 is 11.1 Å². The van der Waals surface area contributed by atoms with Gasteiger partial charge in [-0.1, -0.05) is 6.07 Å². The standard InChI is InChI=1S/C15H16N4O2/c1-2-19-9-11-7-10(4-6-13(11)18-19)3-5-12-8-16-14(20)15(21)17-12/h4,6-9H,2-3,5H2,1H3,(H,16,20)(H,17,21). The topological polar surface area (TPSA) is 83.5 Å². The van der Waals surface area contributed by atoms with E-state index >= 15 is 0 Å². The van der Waals surface area contributed by atoms with Gasteiger partial charge in [0.2, 0.25) is 0 Å². The molecule has 0 unspecified atom stereocenters. The van der Waals surface area contributed by atoms with Crippen LogP contribution >= 0.6 is 0 Å². The number of hydrogen-bond donors (Lipinski definition) is 2. The predicted octanol–water partition coefficient (Wildman–Crippen LogP) is 1.22. The Morgan fingerprint density at radius 1 is 1.19 bits per heavy atom. The summed E-state index contributed by atoms with van der Waals surface area (Å²) >= 11 is 0. The second-order valence-corrected chi connectivity index (χ2v) is 4.98. The molecule has 0 spiro atoms. The van der Waals surface area contributed by atoms with Gasteiger partial charge in [-0.05, 0) is 37.5 Å². The van der Waals surface area contributed by atoms with E-state index in [2.05, 4.69) is 28.1 Å². The second-order valence-electron chi connectivity index (χ2n) is 4.98. The van der Waals surface area contributed by atoms with Gasteiger partial charge in [-0.2, -0.15) is 5.10 Å². The number of H-pyrrole nitrogens is 2. The van der Waals surface area contributed by atoms with E-state index in [1.165, 1.54) is 5.56 Å². The lowest BCUT2D eigenvalue weighted by Crippen LogP contribution is -2.29. The lowest BCUT2D eigenvalue weighted by molar-refractivity contribution is 0.668. The van der Waals surface area contributed by atoms with E-state index in [1.54, 1.807) is 6.20 Å². The minimum absolute atomic E-state index is 0.604. The van der Waals surface area contributed by atoms with Crippen molar-refractivity contribution >= 4 is 10.9 Å². The largest absolute Gasteiger partial charge is 0.323 e. The maximum Gasteiger partial charge on any atom is 0.313 e. The number of aryl methyl sites for hydroxylation is 3. The molecule has 1 aromatic carbocycles. The molecule has 0 amide bonds. The van der Waals surface area contributed by atoms with Crippen LogP contribution in [0.4, 0.5) is 0 Å². The number of nitrogens with zero attached hydrogens (tertiary/aromatic N) is 2. The van der Waals surface area contributed by atoms with Crippen LogP contribution in [-0.2, 0) is 19.4 Å². The Morgan fingerprint density at radius 3 is 2.81 bits per heavy atom. The Bertz CT molecular complexity index is 888. The fraction of sp³-hybridized carbons (Fsp3) is 0.267. The first-order chi connectivity index (χ1) is 10.2. The van der Waals surface area contributed by atoms with Gasteiger partial charge in [-0.3, -0.25) is 14.3 Å². The van der Waals surface area contributed by atoms with Crippen LogP contribution in [0.5, 0.6) is 0 Å². The van der Waals surface area contributed by atoms with Crippen molar-refractivity contribution in [2.45, 2.75) is 26.3 Å².